The van der Waals surface area contributed by atoms with Gasteiger partial charge in [-0.25, -0.2) is 4.68 Å². The molecule has 2 heterocycles. The van der Waals surface area contributed by atoms with Crippen LogP contribution in [-0.4, -0.2) is 14.8 Å². The van der Waals surface area contributed by atoms with E-state index < -0.39 is 5.92 Å². The molecule has 0 aliphatic rings. The van der Waals surface area contributed by atoms with Gasteiger partial charge in [-0.2, -0.15) is 13.9 Å². The summed E-state index contributed by atoms with van der Waals surface area (Å²) in [4.78, 5) is 4.22. The summed E-state index contributed by atoms with van der Waals surface area (Å²) >= 11 is 0. The van der Waals surface area contributed by atoms with Crippen LogP contribution in [0.25, 0.3) is 16.6 Å². The van der Waals surface area contributed by atoms with Crippen molar-refractivity contribution in [3.05, 3.63) is 48.3 Å². The molecular weight excluding hydrogens is 262 g/mol. The molecule has 0 spiro atoms. The molecule has 3 aromatic rings. The first-order chi connectivity index (χ1) is 9.47. The fourth-order valence-electron chi connectivity index (χ4n) is 2.07. The number of hydrogen-bond donors (Lipinski definition) is 1. The van der Waals surface area contributed by atoms with Crippen molar-refractivity contribution in [2.24, 2.45) is 0 Å². The number of aromatic nitrogens is 3. The quantitative estimate of drug-likeness (QED) is 0.781. The maximum Gasteiger partial charge on any atom is 0.288 e. The lowest BCUT2D eigenvalue weighted by Crippen LogP contribution is -2.09. The topological polar surface area (TPSA) is 56.7 Å². The Kier molecular flexibility index (Phi) is 2.67. The van der Waals surface area contributed by atoms with Gasteiger partial charge in [-0.15, -0.1) is 0 Å². The van der Waals surface area contributed by atoms with E-state index >= 15 is 0 Å². The Bertz CT molecular complexity index is 769. The molecule has 0 aliphatic heterocycles. The van der Waals surface area contributed by atoms with Gasteiger partial charge in [-0.3, -0.25) is 4.98 Å². The number of hydrogen-bond acceptors (Lipinski definition) is 3. The normalized spacial score (nSPS) is 11.9. The number of alkyl halides is 2. The molecule has 102 valence electrons. The minimum Gasteiger partial charge on any atom is -0.384 e. The van der Waals surface area contributed by atoms with Gasteiger partial charge in [-0.1, -0.05) is 6.07 Å². The second kappa shape index (κ2) is 4.26. The Morgan fingerprint density at radius 3 is 2.70 bits per heavy atom. The zero-order valence-corrected chi connectivity index (χ0v) is 10.7. The molecule has 0 radical (unpaired) electrons. The third kappa shape index (κ3) is 1.99. The zero-order chi connectivity index (χ0) is 14.3. The molecule has 0 fully saturated rings. The van der Waals surface area contributed by atoms with E-state index in [1.54, 1.807) is 24.4 Å². The average Bonchev–Trinajstić information content (AvgIpc) is 2.80. The van der Waals surface area contributed by atoms with Crippen LogP contribution in [0.1, 0.15) is 12.6 Å². The van der Waals surface area contributed by atoms with Crippen LogP contribution in [0.3, 0.4) is 0 Å². The maximum absolute atomic E-state index is 13.3. The minimum absolute atomic E-state index is 0.165. The van der Waals surface area contributed by atoms with Crippen LogP contribution in [0, 0.1) is 0 Å². The summed E-state index contributed by atoms with van der Waals surface area (Å²) in [6.07, 6.45) is 1.67. The SMILES string of the molecule is CC(F)(F)c1cc(N)n(-c2cccc3ncccc23)n1. The van der Waals surface area contributed by atoms with E-state index in [2.05, 4.69) is 10.1 Å². The largest absolute Gasteiger partial charge is 0.384 e. The average molecular weight is 274 g/mol. The highest BCUT2D eigenvalue weighted by Gasteiger charge is 2.29. The number of benzene rings is 1. The van der Waals surface area contributed by atoms with Gasteiger partial charge in [0.15, 0.2) is 0 Å². The van der Waals surface area contributed by atoms with Gasteiger partial charge in [0.1, 0.15) is 11.5 Å². The highest BCUT2D eigenvalue weighted by atomic mass is 19.3. The van der Waals surface area contributed by atoms with E-state index in [-0.39, 0.29) is 11.5 Å². The van der Waals surface area contributed by atoms with Gasteiger partial charge in [0.25, 0.3) is 5.92 Å². The Morgan fingerprint density at radius 1 is 1.20 bits per heavy atom. The predicted octanol–water partition coefficient (Wildman–Crippen LogP) is 3.11. The second-order valence-corrected chi connectivity index (χ2v) is 4.60. The molecule has 0 unspecified atom stereocenters. The number of nitrogen functional groups attached to an aromatic ring is 1. The van der Waals surface area contributed by atoms with Crippen LogP contribution in [0.5, 0.6) is 0 Å². The van der Waals surface area contributed by atoms with E-state index in [0.29, 0.717) is 5.69 Å². The highest BCUT2D eigenvalue weighted by Crippen LogP contribution is 2.29. The van der Waals surface area contributed by atoms with Crippen molar-refractivity contribution < 1.29 is 8.78 Å². The van der Waals surface area contributed by atoms with Crippen molar-refractivity contribution in [1.29, 1.82) is 0 Å². The second-order valence-electron chi connectivity index (χ2n) is 4.60. The number of halogens is 2. The first-order valence-corrected chi connectivity index (χ1v) is 6.05. The summed E-state index contributed by atoms with van der Waals surface area (Å²) in [7, 11) is 0. The molecule has 0 bridgehead atoms. The van der Waals surface area contributed by atoms with Crippen LogP contribution in [0.2, 0.25) is 0 Å². The van der Waals surface area contributed by atoms with Gasteiger partial charge in [0, 0.05) is 24.6 Å². The van der Waals surface area contributed by atoms with Crippen molar-refractivity contribution >= 4 is 16.7 Å². The summed E-state index contributed by atoms with van der Waals surface area (Å²) in [6.45, 7) is 0.795. The van der Waals surface area contributed by atoms with Gasteiger partial charge in [0.2, 0.25) is 0 Å². The number of pyridine rings is 1. The first kappa shape index (κ1) is 12.5. The lowest BCUT2D eigenvalue weighted by atomic mass is 10.2. The Hall–Kier alpha value is -2.50. The van der Waals surface area contributed by atoms with Crippen LogP contribution < -0.4 is 5.73 Å². The lowest BCUT2D eigenvalue weighted by Gasteiger charge is -2.08. The van der Waals surface area contributed by atoms with Gasteiger partial charge >= 0.3 is 0 Å². The number of rotatable bonds is 2. The third-order valence-corrected chi connectivity index (χ3v) is 3.04. The predicted molar refractivity (Wildman–Crippen MR) is 72.8 cm³/mol. The standard InChI is InChI=1S/C14H12F2N4/c1-14(15,16)12-8-13(17)20(19-12)11-6-2-5-10-9(11)4-3-7-18-10/h2-8H,17H2,1H3. The summed E-state index contributed by atoms with van der Waals surface area (Å²) in [5, 5.41) is 4.72. The van der Waals surface area contributed by atoms with Crippen LogP contribution in [0.15, 0.2) is 42.6 Å². The Morgan fingerprint density at radius 2 is 2.00 bits per heavy atom. The number of fused-ring (bicyclic) bond motifs is 1. The van der Waals surface area contributed by atoms with Crippen molar-refractivity contribution in [3.8, 4) is 5.69 Å². The molecule has 0 saturated carbocycles. The molecular formula is C14H12F2N4. The van der Waals surface area contributed by atoms with Crippen molar-refractivity contribution in [2.75, 3.05) is 5.73 Å². The van der Waals surface area contributed by atoms with Crippen LogP contribution in [-0.2, 0) is 5.92 Å². The van der Waals surface area contributed by atoms with E-state index in [1.165, 1.54) is 10.7 Å². The molecule has 0 atom stereocenters. The molecule has 0 saturated heterocycles. The molecule has 1 aromatic carbocycles. The smallest absolute Gasteiger partial charge is 0.288 e. The van der Waals surface area contributed by atoms with E-state index in [4.69, 9.17) is 5.73 Å². The minimum atomic E-state index is -3.03. The molecule has 0 amide bonds. The summed E-state index contributed by atoms with van der Waals surface area (Å²) in [5.74, 6) is -2.86. The molecule has 6 heteroatoms. The van der Waals surface area contributed by atoms with Crippen molar-refractivity contribution in [2.45, 2.75) is 12.8 Å². The molecule has 4 nitrogen and oxygen atoms in total. The summed E-state index contributed by atoms with van der Waals surface area (Å²) in [5.41, 5.74) is 6.84. The Labute approximate surface area is 113 Å². The molecule has 2 N–H and O–H groups in total. The van der Waals surface area contributed by atoms with Crippen LogP contribution >= 0.6 is 0 Å². The lowest BCUT2D eigenvalue weighted by molar-refractivity contribution is 0.0124. The fourth-order valence-corrected chi connectivity index (χ4v) is 2.07. The maximum atomic E-state index is 13.3. The highest BCUT2D eigenvalue weighted by molar-refractivity contribution is 5.87. The number of nitrogens with two attached hydrogens (primary N) is 1. The number of nitrogens with zero attached hydrogens (tertiary/aromatic N) is 3. The molecule has 0 aliphatic carbocycles. The number of anilines is 1. The van der Waals surface area contributed by atoms with E-state index in [1.807, 2.05) is 12.1 Å². The monoisotopic (exact) mass is 274 g/mol. The van der Waals surface area contributed by atoms with Gasteiger partial charge in [0.05, 0.1) is 11.2 Å². The third-order valence-electron chi connectivity index (χ3n) is 3.04. The van der Waals surface area contributed by atoms with E-state index in [0.717, 1.165) is 17.8 Å². The fraction of sp³-hybridized carbons (Fsp3) is 0.143. The molecule has 3 rings (SSSR count). The summed E-state index contributed by atoms with van der Waals surface area (Å²) in [6, 6.07) is 10.2. The van der Waals surface area contributed by atoms with Crippen LogP contribution in [0.4, 0.5) is 14.6 Å². The van der Waals surface area contributed by atoms with Gasteiger partial charge in [-0.05, 0) is 24.3 Å². The molecule has 20 heavy (non-hydrogen) atoms. The molecule has 2 aromatic heterocycles. The van der Waals surface area contributed by atoms with Crippen molar-refractivity contribution in [1.82, 2.24) is 14.8 Å². The summed E-state index contributed by atoms with van der Waals surface area (Å²) < 4.78 is 28.0. The first-order valence-electron chi connectivity index (χ1n) is 6.05. The Balaban J connectivity index is 2.24. The van der Waals surface area contributed by atoms with E-state index in [9.17, 15) is 8.78 Å². The zero-order valence-electron chi connectivity index (χ0n) is 10.7. The van der Waals surface area contributed by atoms with Crippen molar-refractivity contribution in [3.63, 3.8) is 0 Å². The van der Waals surface area contributed by atoms with Gasteiger partial charge < -0.3 is 5.73 Å².